The van der Waals surface area contributed by atoms with Crippen LogP contribution in [-0.2, 0) is 16.1 Å². The SMILES string of the molecule is CCCCCC(=O)N(C)Cc1cc(C(=O)OC)c(C)o1. The van der Waals surface area contributed by atoms with E-state index in [0.717, 1.165) is 19.3 Å². The first-order chi connectivity index (χ1) is 9.49. The van der Waals surface area contributed by atoms with Crippen LogP contribution < -0.4 is 0 Å². The highest BCUT2D eigenvalue weighted by Crippen LogP contribution is 2.17. The first-order valence-corrected chi connectivity index (χ1v) is 6.91. The lowest BCUT2D eigenvalue weighted by molar-refractivity contribution is -0.130. The van der Waals surface area contributed by atoms with Gasteiger partial charge in [0.2, 0.25) is 5.91 Å². The predicted octanol–water partition coefficient (Wildman–Crippen LogP) is 2.91. The van der Waals surface area contributed by atoms with Crippen molar-refractivity contribution in [2.24, 2.45) is 0 Å². The van der Waals surface area contributed by atoms with E-state index >= 15 is 0 Å². The fourth-order valence-corrected chi connectivity index (χ4v) is 1.97. The van der Waals surface area contributed by atoms with Gasteiger partial charge in [-0.2, -0.15) is 0 Å². The Hall–Kier alpha value is -1.78. The zero-order valence-corrected chi connectivity index (χ0v) is 12.7. The Morgan fingerprint density at radius 3 is 2.65 bits per heavy atom. The molecule has 5 heteroatoms. The molecule has 0 bridgehead atoms. The minimum absolute atomic E-state index is 0.0899. The van der Waals surface area contributed by atoms with Crippen LogP contribution in [0.2, 0.25) is 0 Å². The third kappa shape index (κ3) is 4.40. The maximum atomic E-state index is 11.9. The molecule has 0 spiro atoms. The van der Waals surface area contributed by atoms with E-state index in [0.29, 0.717) is 30.0 Å². The number of carbonyl (C=O) groups is 2. The van der Waals surface area contributed by atoms with Gasteiger partial charge in [0, 0.05) is 13.5 Å². The summed E-state index contributed by atoms with van der Waals surface area (Å²) in [7, 11) is 3.07. The molecule has 20 heavy (non-hydrogen) atoms. The molecule has 1 aromatic heterocycles. The van der Waals surface area contributed by atoms with Crippen molar-refractivity contribution < 1.29 is 18.7 Å². The van der Waals surface area contributed by atoms with Crippen molar-refractivity contribution in [1.82, 2.24) is 4.90 Å². The van der Waals surface area contributed by atoms with Gasteiger partial charge in [-0.25, -0.2) is 4.79 Å². The Labute approximate surface area is 119 Å². The van der Waals surface area contributed by atoms with Gasteiger partial charge in [0.15, 0.2) is 0 Å². The molecule has 1 aromatic rings. The Bertz CT molecular complexity index is 464. The second-order valence-corrected chi connectivity index (χ2v) is 4.88. The van der Waals surface area contributed by atoms with Gasteiger partial charge in [0.05, 0.1) is 13.7 Å². The molecule has 0 fully saturated rings. The minimum atomic E-state index is -0.422. The van der Waals surface area contributed by atoms with E-state index in [1.54, 1.807) is 24.9 Å². The molecule has 0 atom stereocenters. The molecule has 1 rings (SSSR count). The van der Waals surface area contributed by atoms with E-state index in [2.05, 4.69) is 11.7 Å². The molecule has 0 N–H and O–H groups in total. The van der Waals surface area contributed by atoms with Crippen LogP contribution in [0.25, 0.3) is 0 Å². The third-order valence-corrected chi connectivity index (χ3v) is 3.19. The van der Waals surface area contributed by atoms with Gasteiger partial charge in [0.1, 0.15) is 17.1 Å². The number of aryl methyl sites for hydroxylation is 1. The standard InChI is InChI=1S/C15H23NO4/c1-5-6-7-8-14(17)16(3)10-12-9-13(11(2)20-12)15(18)19-4/h9H,5-8,10H2,1-4H3. The Balaban J connectivity index is 2.60. The molecule has 0 radical (unpaired) electrons. The summed E-state index contributed by atoms with van der Waals surface area (Å²) in [4.78, 5) is 25.0. The van der Waals surface area contributed by atoms with Crippen molar-refractivity contribution in [2.45, 2.75) is 46.1 Å². The second kappa shape index (κ2) is 7.72. The molecule has 5 nitrogen and oxygen atoms in total. The zero-order chi connectivity index (χ0) is 15.1. The van der Waals surface area contributed by atoms with Gasteiger partial charge in [-0.15, -0.1) is 0 Å². The van der Waals surface area contributed by atoms with Crippen LogP contribution in [0.4, 0.5) is 0 Å². The van der Waals surface area contributed by atoms with Crippen LogP contribution in [0.15, 0.2) is 10.5 Å². The third-order valence-electron chi connectivity index (χ3n) is 3.19. The number of nitrogens with zero attached hydrogens (tertiary/aromatic N) is 1. The van der Waals surface area contributed by atoms with Crippen LogP contribution in [0.3, 0.4) is 0 Å². The molecule has 0 aliphatic rings. The van der Waals surface area contributed by atoms with Crippen molar-refractivity contribution >= 4 is 11.9 Å². The van der Waals surface area contributed by atoms with Gasteiger partial charge in [-0.3, -0.25) is 4.79 Å². The number of hydrogen-bond acceptors (Lipinski definition) is 4. The summed E-state index contributed by atoms with van der Waals surface area (Å²) in [5, 5.41) is 0. The molecule has 0 saturated carbocycles. The maximum absolute atomic E-state index is 11.9. The monoisotopic (exact) mass is 281 g/mol. The minimum Gasteiger partial charge on any atom is -0.465 e. The van der Waals surface area contributed by atoms with Crippen LogP contribution in [0, 0.1) is 6.92 Å². The van der Waals surface area contributed by atoms with Crippen molar-refractivity contribution in [1.29, 1.82) is 0 Å². The number of furan rings is 1. The average molecular weight is 281 g/mol. The molecular formula is C15H23NO4. The van der Waals surface area contributed by atoms with Crippen molar-refractivity contribution in [3.05, 3.63) is 23.2 Å². The summed E-state index contributed by atoms with van der Waals surface area (Å²) in [6.07, 6.45) is 3.61. The lowest BCUT2D eigenvalue weighted by Crippen LogP contribution is -2.25. The van der Waals surface area contributed by atoms with E-state index in [-0.39, 0.29) is 5.91 Å². The number of carbonyl (C=O) groups excluding carboxylic acids is 2. The van der Waals surface area contributed by atoms with E-state index in [4.69, 9.17) is 4.42 Å². The topological polar surface area (TPSA) is 59.8 Å². The highest BCUT2D eigenvalue weighted by atomic mass is 16.5. The molecule has 0 saturated heterocycles. The Morgan fingerprint density at radius 1 is 1.35 bits per heavy atom. The van der Waals surface area contributed by atoms with E-state index < -0.39 is 5.97 Å². The van der Waals surface area contributed by atoms with Crippen LogP contribution in [-0.4, -0.2) is 30.9 Å². The summed E-state index contributed by atoms with van der Waals surface area (Å²) < 4.78 is 10.2. The molecule has 0 aromatic carbocycles. The van der Waals surface area contributed by atoms with Gasteiger partial charge >= 0.3 is 5.97 Å². The van der Waals surface area contributed by atoms with Crippen molar-refractivity contribution in [3.8, 4) is 0 Å². The summed E-state index contributed by atoms with van der Waals surface area (Å²) >= 11 is 0. The lowest BCUT2D eigenvalue weighted by atomic mass is 10.2. The van der Waals surface area contributed by atoms with Gasteiger partial charge in [-0.1, -0.05) is 19.8 Å². The fourth-order valence-electron chi connectivity index (χ4n) is 1.97. The number of methoxy groups -OCH3 is 1. The second-order valence-electron chi connectivity index (χ2n) is 4.88. The number of amides is 1. The number of rotatable bonds is 7. The molecule has 0 unspecified atom stereocenters. The number of unbranched alkanes of at least 4 members (excludes halogenated alkanes) is 2. The molecule has 112 valence electrons. The average Bonchev–Trinajstić information content (AvgIpc) is 2.78. The van der Waals surface area contributed by atoms with E-state index in [1.807, 2.05) is 0 Å². The van der Waals surface area contributed by atoms with E-state index in [1.165, 1.54) is 7.11 Å². The molecular weight excluding hydrogens is 258 g/mol. The van der Waals surface area contributed by atoms with Gasteiger partial charge in [-0.05, 0) is 19.4 Å². The van der Waals surface area contributed by atoms with Gasteiger partial charge < -0.3 is 14.1 Å². The Kier molecular flexibility index (Phi) is 6.28. The summed E-state index contributed by atoms with van der Waals surface area (Å²) in [6.45, 7) is 4.18. The lowest BCUT2D eigenvalue weighted by Gasteiger charge is -2.15. The van der Waals surface area contributed by atoms with Crippen LogP contribution in [0.1, 0.15) is 54.5 Å². The molecule has 0 aliphatic heterocycles. The summed E-state index contributed by atoms with van der Waals surface area (Å²) in [5.74, 6) is 0.773. The van der Waals surface area contributed by atoms with Gasteiger partial charge in [0.25, 0.3) is 0 Å². The molecule has 0 aliphatic carbocycles. The predicted molar refractivity (Wildman–Crippen MR) is 75.4 cm³/mol. The summed E-state index contributed by atoms with van der Waals surface area (Å²) in [6, 6.07) is 1.64. The first kappa shape index (κ1) is 16.3. The number of hydrogen-bond donors (Lipinski definition) is 0. The van der Waals surface area contributed by atoms with E-state index in [9.17, 15) is 9.59 Å². The normalized spacial score (nSPS) is 10.4. The summed E-state index contributed by atoms with van der Waals surface area (Å²) in [5.41, 5.74) is 0.411. The molecule has 1 amide bonds. The Morgan fingerprint density at radius 2 is 2.05 bits per heavy atom. The van der Waals surface area contributed by atoms with Crippen molar-refractivity contribution in [3.63, 3.8) is 0 Å². The first-order valence-electron chi connectivity index (χ1n) is 6.91. The smallest absolute Gasteiger partial charge is 0.341 e. The maximum Gasteiger partial charge on any atom is 0.341 e. The number of ether oxygens (including phenoxy) is 1. The van der Waals surface area contributed by atoms with Crippen LogP contribution in [0.5, 0.6) is 0 Å². The molecule has 1 heterocycles. The number of esters is 1. The van der Waals surface area contributed by atoms with Crippen molar-refractivity contribution in [2.75, 3.05) is 14.2 Å². The van der Waals surface area contributed by atoms with Crippen LogP contribution >= 0.6 is 0 Å². The highest BCUT2D eigenvalue weighted by Gasteiger charge is 2.17. The quantitative estimate of drug-likeness (QED) is 0.569. The zero-order valence-electron chi connectivity index (χ0n) is 12.7. The largest absolute Gasteiger partial charge is 0.465 e. The highest BCUT2D eigenvalue weighted by molar-refractivity contribution is 5.90. The fraction of sp³-hybridized carbons (Fsp3) is 0.600.